The number of furan rings is 3. The van der Waals surface area contributed by atoms with Crippen LogP contribution in [0.5, 0.6) is 17.2 Å². The molecule has 44 heteroatoms. The van der Waals surface area contributed by atoms with Gasteiger partial charge in [0.2, 0.25) is 23.4 Å². The largest absolute Gasteiger partial charge is 0.493 e. The van der Waals surface area contributed by atoms with Crippen molar-refractivity contribution >= 4 is 77.1 Å². The van der Waals surface area contributed by atoms with Gasteiger partial charge in [-0.3, -0.25) is 14.4 Å². The summed E-state index contributed by atoms with van der Waals surface area (Å²) in [6, 6.07) is 16.0. The van der Waals surface area contributed by atoms with Crippen molar-refractivity contribution in [2.45, 2.75) is 79.4 Å². The van der Waals surface area contributed by atoms with Crippen molar-refractivity contribution in [3.05, 3.63) is 199 Å². The quantitative estimate of drug-likeness (QED) is 0.0138. The van der Waals surface area contributed by atoms with Gasteiger partial charge in [0, 0.05) is 130 Å². The van der Waals surface area contributed by atoms with Crippen LogP contribution < -0.4 is 53.7 Å². The molecule has 17 rings (SSSR count). The van der Waals surface area contributed by atoms with Crippen LogP contribution in [0, 0.1) is 20.8 Å². The molecule has 0 aromatic carbocycles. The number of anilines is 3. The number of hydrogen-bond acceptors (Lipinski definition) is 37. The number of nitrogens with two attached hydrogens (primary N) is 5. The first kappa shape index (κ1) is 94.6. The molecule has 0 spiro atoms. The molecule has 15 N–H and O–H groups in total. The van der Waals surface area contributed by atoms with Crippen molar-refractivity contribution in [3.8, 4) is 85.8 Å². The molecule has 0 saturated carbocycles. The maximum absolute atomic E-state index is 13.0. The first-order valence-electron chi connectivity index (χ1n) is 36.3. The molecule has 0 radical (unpaired) electrons. The molecule has 0 bridgehead atoms. The number of aromatic carboxylic acids is 1. The number of methoxy groups -OCH3 is 5. The summed E-state index contributed by atoms with van der Waals surface area (Å²) in [4.78, 5) is 99.3. The molecule has 15 aromatic heterocycles. The molecule has 43 nitrogen and oxygen atoms in total. The highest BCUT2D eigenvalue weighted by atomic mass is 35.5. The van der Waals surface area contributed by atoms with E-state index in [0.29, 0.717) is 94.2 Å². The predicted octanol–water partition coefficient (Wildman–Crippen LogP) is 9.75. The van der Waals surface area contributed by atoms with Crippen LogP contribution in [0.1, 0.15) is 98.3 Å². The van der Waals surface area contributed by atoms with E-state index < -0.39 is 17.8 Å². The smallest absolute Gasteiger partial charge is 0.358 e. The fourth-order valence-corrected chi connectivity index (χ4v) is 12.2. The van der Waals surface area contributed by atoms with E-state index in [0.717, 1.165) is 52.6 Å². The van der Waals surface area contributed by atoms with E-state index in [9.17, 15) is 24.3 Å². The van der Waals surface area contributed by atoms with Crippen LogP contribution in [0.15, 0.2) is 180 Å². The van der Waals surface area contributed by atoms with Crippen molar-refractivity contribution < 1.29 is 94.4 Å². The van der Waals surface area contributed by atoms with Gasteiger partial charge in [-0.1, -0.05) is 20.0 Å². The number of carboxylic acid groups (broad SMARTS) is 1. The Hall–Kier alpha value is -14.9. The summed E-state index contributed by atoms with van der Waals surface area (Å²) in [5.41, 5.74) is 32.3. The molecule has 654 valence electrons. The van der Waals surface area contributed by atoms with E-state index in [-0.39, 0.29) is 128 Å². The molecular formula is C80H92ClN23O20. The summed E-state index contributed by atoms with van der Waals surface area (Å²) in [5.74, 6) is 4.86. The van der Waals surface area contributed by atoms with Gasteiger partial charge < -0.3 is 122 Å². The number of nitrogens with zero attached hydrogens (tertiary/aromatic N) is 16. The van der Waals surface area contributed by atoms with Crippen LogP contribution in [0.4, 0.5) is 17.5 Å². The van der Waals surface area contributed by atoms with E-state index in [1.807, 2.05) is 70.6 Å². The van der Waals surface area contributed by atoms with Crippen molar-refractivity contribution in [3.63, 3.8) is 0 Å². The summed E-state index contributed by atoms with van der Waals surface area (Å²) in [6.07, 6.45) is 26.8. The summed E-state index contributed by atoms with van der Waals surface area (Å²) < 4.78 is 73.0. The maximum atomic E-state index is 13.0. The maximum Gasteiger partial charge on any atom is 0.358 e. The third kappa shape index (κ3) is 22.2. The van der Waals surface area contributed by atoms with Crippen molar-refractivity contribution in [2.75, 3.05) is 79.1 Å². The number of imidazole rings is 3. The van der Waals surface area contributed by atoms with Crippen molar-refractivity contribution in [1.29, 1.82) is 0 Å². The minimum absolute atomic E-state index is 0. The topological polar surface area (TPSA) is 607 Å². The van der Waals surface area contributed by atoms with E-state index in [1.165, 1.54) is 70.3 Å². The number of aryl methyl sites for hydroxylation is 3. The van der Waals surface area contributed by atoms with E-state index in [4.69, 9.17) is 93.0 Å². The van der Waals surface area contributed by atoms with Gasteiger partial charge >= 0.3 is 5.97 Å². The highest BCUT2D eigenvalue weighted by Crippen LogP contribution is 2.35. The number of rotatable bonds is 21. The molecule has 2 saturated heterocycles. The Balaban J connectivity index is 0.000000196. The lowest BCUT2D eigenvalue weighted by Gasteiger charge is -2.18. The predicted molar refractivity (Wildman–Crippen MR) is 450 cm³/mol. The number of hydrogen-bond donors (Lipinski definition) is 10. The number of fused-ring (bicyclic) bond motifs is 3. The molecule has 15 aromatic rings. The highest BCUT2D eigenvalue weighted by molar-refractivity contribution is 5.99. The monoisotopic (exact) mass is 1730 g/mol. The first-order chi connectivity index (χ1) is 58.8. The summed E-state index contributed by atoms with van der Waals surface area (Å²) in [6.45, 7) is 7.92. The SMILES string of the molecule is C.C.COC1CCOC1CNC(=O)c1nc(-c2ccc3ncc(C)n3c2)c(-c2ncco2)nc1N.COC1CCOC1CNC(=O)c1nc(-c2ccc3ncc(C)n3c2)c(-c2ncco2)nc1N.COc1ccoc1/C=N/O.COc1ccoc1C=O.COc1ccoc1CN.Cc1cnc2ccc(-c3nc(C(=O)O)c(N)nc3-c3ncco3)cn12.Cl.NO. The van der Waals surface area contributed by atoms with Crippen LogP contribution in [0.3, 0.4) is 0 Å². The summed E-state index contributed by atoms with van der Waals surface area (Å²) >= 11 is 0. The first-order valence-corrected chi connectivity index (χ1v) is 36.3. The molecule has 4 atom stereocenters. The zero-order valence-corrected chi connectivity index (χ0v) is 67.3. The van der Waals surface area contributed by atoms with Gasteiger partial charge in [0.25, 0.3) is 11.8 Å². The Morgan fingerprint density at radius 3 is 1.19 bits per heavy atom. The Morgan fingerprint density at radius 1 is 0.500 bits per heavy atom. The second kappa shape index (κ2) is 45.0. The lowest BCUT2D eigenvalue weighted by Crippen LogP contribution is -2.38. The van der Waals surface area contributed by atoms with Gasteiger partial charge in [0.15, 0.2) is 86.7 Å². The number of pyridine rings is 3. The lowest BCUT2D eigenvalue weighted by atomic mass is 10.1. The fraction of sp³-hybridized carbons (Fsp3) is 0.263. The van der Waals surface area contributed by atoms with Crippen molar-refractivity contribution in [2.24, 2.45) is 16.8 Å². The molecule has 17 heterocycles. The van der Waals surface area contributed by atoms with Crippen LogP contribution in [-0.2, 0) is 25.5 Å². The van der Waals surface area contributed by atoms with Crippen LogP contribution in [-0.4, -0.2) is 205 Å². The average Bonchev–Trinajstić information content (AvgIpc) is 1.51. The molecule has 2 aliphatic heterocycles. The number of oxime groups is 1. The minimum Gasteiger partial charge on any atom is -0.493 e. The number of carbonyl (C=O) groups excluding carboxylic acids is 3. The van der Waals surface area contributed by atoms with Gasteiger partial charge in [0.05, 0.1) is 77.5 Å². The van der Waals surface area contributed by atoms with Crippen LogP contribution in [0.2, 0.25) is 0 Å². The van der Waals surface area contributed by atoms with Gasteiger partial charge in [-0.05, 0) is 70.0 Å². The molecule has 124 heavy (non-hydrogen) atoms. The number of aromatic nitrogens is 15. The normalized spacial score (nSPS) is 14.1. The van der Waals surface area contributed by atoms with Gasteiger partial charge in [-0.25, -0.2) is 70.5 Å². The van der Waals surface area contributed by atoms with Crippen LogP contribution in [0.25, 0.3) is 85.5 Å². The average molecular weight is 1730 g/mol. The van der Waals surface area contributed by atoms with E-state index in [1.54, 1.807) is 82.7 Å². The van der Waals surface area contributed by atoms with Gasteiger partial charge in [-0.15, -0.1) is 12.4 Å². The zero-order valence-electron chi connectivity index (χ0n) is 66.5. The molecule has 2 amide bonds. The number of oxazole rings is 3. The number of amides is 2. The minimum atomic E-state index is -1.26. The fourth-order valence-electron chi connectivity index (χ4n) is 12.2. The molecule has 4 unspecified atom stereocenters. The molecule has 0 aliphatic carbocycles. The Labute approximate surface area is 712 Å². The zero-order chi connectivity index (χ0) is 86.2. The Morgan fingerprint density at radius 2 is 0.863 bits per heavy atom. The number of ether oxygens (including phenoxy) is 7. The number of nitrogen functional groups attached to an aromatic ring is 3. The lowest BCUT2D eigenvalue weighted by molar-refractivity contribution is 0.0168. The second-order valence-electron chi connectivity index (χ2n) is 25.5. The third-order valence-electron chi connectivity index (χ3n) is 18.2. The molecule has 2 aliphatic rings. The van der Waals surface area contributed by atoms with E-state index >= 15 is 0 Å². The summed E-state index contributed by atoms with van der Waals surface area (Å²) in [5, 5.41) is 32.4. The number of aldehydes is 1. The standard InChI is InChI=1S/2C22H23N7O4.C16H12N6O3.C6H7NO3.C6H9NO2.C6H6O3.2CH4.ClH.H3NO/c2*1-12-9-25-16-4-3-13(11-29(12)16)17-18(22-24-6-8-33-22)28-20(23)19(27-17)21(30)26-10-15-14(31-2)5-7-32-15;1-8-6-19-10-3-2-9(7-22(8)10)11-12(15-18-4-5-25-15)21-14(17)13(20-11)16(23)24;1-9-5-2-3-10-6(5)4-7-8;2*1-8-5-2-3-9-6(5)4-7;;;;1-2/h2*3-4,6,8-9,11,14-15H,5,7,10H2,1-2H3,(H2,23,28)(H,26,30);2-7H,1H3,(H2,17,21)(H,23,24);2-4,8H,1H3;2-3H,4,7H2,1H3;2-4H,1H3;2*1H4;1H;2H,1H2/b;;;7-4+;;;;;;. The van der Waals surface area contributed by atoms with E-state index in [2.05, 4.69) is 81.5 Å². The Kier molecular flexibility index (Phi) is 34.3. The number of carbonyl (C=O) groups is 4. The van der Waals surface area contributed by atoms with Gasteiger partial charge in [-0.2, -0.15) is 0 Å². The number of carboxylic acids is 1. The number of nitrogens with one attached hydrogen (secondary N) is 2. The van der Waals surface area contributed by atoms with Crippen molar-refractivity contribution in [1.82, 2.24) is 83.6 Å². The second-order valence-corrected chi connectivity index (χ2v) is 25.5. The van der Waals surface area contributed by atoms with Crippen LogP contribution >= 0.6 is 12.4 Å². The number of halogens is 1. The summed E-state index contributed by atoms with van der Waals surface area (Å²) in [7, 11) is 7.84. The molecule has 2 fully saturated rings. The third-order valence-corrected chi connectivity index (χ3v) is 18.2. The van der Waals surface area contributed by atoms with Gasteiger partial charge in [0.1, 0.15) is 71.2 Å². The Bertz CT molecular complexity index is 5770. The highest BCUT2D eigenvalue weighted by Gasteiger charge is 2.32. The molecular weight excluding hydrogens is 1640 g/mol.